The first-order valence-electron chi connectivity index (χ1n) is 19.4. The van der Waals surface area contributed by atoms with E-state index in [1.165, 1.54) is 51.4 Å². The summed E-state index contributed by atoms with van der Waals surface area (Å²) >= 11 is 0. The summed E-state index contributed by atoms with van der Waals surface area (Å²) in [6.45, 7) is 5.22. The zero-order chi connectivity index (χ0) is 34.7. The van der Waals surface area contributed by atoms with Gasteiger partial charge in [0, 0.05) is 6.42 Å². The normalized spacial score (nSPS) is 20.7. The van der Waals surface area contributed by atoms with Crippen molar-refractivity contribution in [2.45, 2.75) is 136 Å². The van der Waals surface area contributed by atoms with Crippen LogP contribution in [-0.4, -0.2) is 31.1 Å². The van der Waals surface area contributed by atoms with Crippen molar-refractivity contribution in [3.63, 3.8) is 0 Å². The highest BCUT2D eigenvalue weighted by atomic mass is 16.5. The van der Waals surface area contributed by atoms with Crippen molar-refractivity contribution in [3.8, 4) is 17.2 Å². The van der Waals surface area contributed by atoms with Crippen molar-refractivity contribution in [2.24, 2.45) is 23.7 Å². The molecule has 2 aliphatic rings. The molecule has 0 spiro atoms. The molecule has 2 saturated carbocycles. The third-order valence-electron chi connectivity index (χ3n) is 10.6. The molecule has 0 radical (unpaired) electrons. The molecule has 270 valence electrons. The number of carbonyl (C=O) groups excluding carboxylic acids is 3. The molecule has 0 aliphatic heterocycles. The fraction of sp³-hybridized carbons (Fsp3) is 0.643. The third kappa shape index (κ3) is 13.8. The second-order valence-electron chi connectivity index (χ2n) is 14.2. The molecule has 0 unspecified atom stereocenters. The lowest BCUT2D eigenvalue weighted by molar-refractivity contribution is -0.143. The van der Waals surface area contributed by atoms with Gasteiger partial charge in [-0.25, -0.2) is 4.79 Å². The Morgan fingerprint density at radius 1 is 0.592 bits per heavy atom. The largest absolute Gasteiger partial charge is 0.494 e. The fourth-order valence-corrected chi connectivity index (χ4v) is 7.48. The Kier molecular flexibility index (Phi) is 17.0. The zero-order valence-corrected chi connectivity index (χ0v) is 30.1. The number of hydrogen-bond acceptors (Lipinski definition) is 7. The van der Waals surface area contributed by atoms with E-state index in [1.54, 1.807) is 55.5 Å². The van der Waals surface area contributed by atoms with Gasteiger partial charge in [-0.05, 0) is 118 Å². The molecule has 0 atom stereocenters. The minimum Gasteiger partial charge on any atom is -0.494 e. The first-order valence-corrected chi connectivity index (χ1v) is 19.4. The average Bonchev–Trinajstić information content (AvgIpc) is 3.13. The van der Waals surface area contributed by atoms with Gasteiger partial charge in [-0.15, -0.1) is 0 Å². The van der Waals surface area contributed by atoms with E-state index in [-0.39, 0.29) is 17.9 Å². The molecule has 7 heteroatoms. The number of unbranched alkanes of at least 4 members (excludes halogenated alkanes) is 7. The van der Waals surface area contributed by atoms with Gasteiger partial charge >= 0.3 is 17.9 Å². The van der Waals surface area contributed by atoms with E-state index >= 15 is 0 Å². The Bertz CT molecular complexity index is 1240. The van der Waals surface area contributed by atoms with Crippen LogP contribution in [-0.2, 0) is 14.3 Å². The van der Waals surface area contributed by atoms with Gasteiger partial charge in [0.25, 0.3) is 0 Å². The lowest BCUT2D eigenvalue weighted by atomic mass is 9.68. The molecule has 0 aromatic heterocycles. The highest BCUT2D eigenvalue weighted by Gasteiger charge is 2.33. The molecule has 0 heterocycles. The van der Waals surface area contributed by atoms with Crippen molar-refractivity contribution < 1.29 is 33.3 Å². The van der Waals surface area contributed by atoms with Crippen LogP contribution < -0.4 is 14.2 Å². The maximum atomic E-state index is 12.9. The first-order chi connectivity index (χ1) is 23.9. The van der Waals surface area contributed by atoms with E-state index in [0.29, 0.717) is 42.4 Å². The van der Waals surface area contributed by atoms with E-state index < -0.39 is 5.97 Å². The number of carbonyl (C=O) groups is 3. The number of hydrogen-bond donors (Lipinski definition) is 0. The molecule has 0 bridgehead atoms. The number of esters is 3. The van der Waals surface area contributed by atoms with Crippen LogP contribution >= 0.6 is 0 Å². The maximum Gasteiger partial charge on any atom is 0.343 e. The Balaban J connectivity index is 1.07. The van der Waals surface area contributed by atoms with E-state index in [9.17, 15) is 14.4 Å². The van der Waals surface area contributed by atoms with Crippen LogP contribution in [0.25, 0.3) is 0 Å². The average molecular weight is 677 g/mol. The highest BCUT2D eigenvalue weighted by molar-refractivity contribution is 5.91. The lowest BCUT2D eigenvalue weighted by Gasteiger charge is -2.37. The summed E-state index contributed by atoms with van der Waals surface area (Å²) < 4.78 is 22.2. The van der Waals surface area contributed by atoms with E-state index in [4.69, 9.17) is 18.9 Å². The second kappa shape index (κ2) is 21.7. The molecule has 7 nitrogen and oxygen atoms in total. The molecule has 0 N–H and O–H groups in total. The number of rotatable bonds is 20. The molecule has 2 aliphatic carbocycles. The number of benzene rings is 2. The molecule has 4 rings (SSSR count). The Morgan fingerprint density at radius 3 is 1.76 bits per heavy atom. The summed E-state index contributed by atoms with van der Waals surface area (Å²) in [6.07, 6.45) is 21.8. The van der Waals surface area contributed by atoms with Gasteiger partial charge in [-0.2, -0.15) is 0 Å². The molecule has 2 aromatic rings. The summed E-state index contributed by atoms with van der Waals surface area (Å²) in [5.74, 6) is 3.37. The predicted octanol–water partition coefficient (Wildman–Crippen LogP) is 10.7. The quantitative estimate of drug-likeness (QED) is 0.0783. The molecular formula is C42H60O7. The molecular weight excluding hydrogens is 616 g/mol. The highest BCUT2D eigenvalue weighted by Crippen LogP contribution is 2.42. The van der Waals surface area contributed by atoms with Crippen molar-refractivity contribution >= 4 is 17.9 Å². The minimum absolute atomic E-state index is 0.0354. The van der Waals surface area contributed by atoms with Gasteiger partial charge in [0.2, 0.25) is 0 Å². The van der Waals surface area contributed by atoms with Crippen molar-refractivity contribution in [1.82, 2.24) is 0 Å². The van der Waals surface area contributed by atoms with Crippen molar-refractivity contribution in [2.75, 3.05) is 13.2 Å². The predicted molar refractivity (Wildman–Crippen MR) is 193 cm³/mol. The summed E-state index contributed by atoms with van der Waals surface area (Å²) in [4.78, 5) is 36.8. The Hall–Kier alpha value is -3.35. The summed E-state index contributed by atoms with van der Waals surface area (Å²) in [5.41, 5.74) is 0.433. The number of ether oxygens (including phenoxy) is 4. The van der Waals surface area contributed by atoms with Crippen molar-refractivity contribution in [1.29, 1.82) is 0 Å². The Morgan fingerprint density at radius 2 is 1.14 bits per heavy atom. The standard InChI is InChI=1S/C42H60O7/c1-3-5-10-13-32-14-16-33(17-15-32)34-18-20-35(21-19-34)41(44)48-38-26-28-39(29-27-38)49-42(45)36-22-24-37(25-23-36)46-30-11-8-6-7-9-12-31-47-40(43)4-2/h22-29,32-35H,3-21,30-31H2,1-2H3. The second-order valence-corrected chi connectivity index (χ2v) is 14.2. The van der Waals surface area contributed by atoms with Crippen LogP contribution in [0.2, 0.25) is 0 Å². The molecule has 49 heavy (non-hydrogen) atoms. The van der Waals surface area contributed by atoms with Crippen LogP contribution in [0, 0.1) is 23.7 Å². The maximum absolute atomic E-state index is 12.9. The summed E-state index contributed by atoms with van der Waals surface area (Å²) in [7, 11) is 0. The molecule has 2 aromatic carbocycles. The minimum atomic E-state index is -0.456. The monoisotopic (exact) mass is 676 g/mol. The molecule has 0 amide bonds. The lowest BCUT2D eigenvalue weighted by Crippen LogP contribution is -2.30. The van der Waals surface area contributed by atoms with Crippen LogP contribution in [0.1, 0.15) is 146 Å². The third-order valence-corrected chi connectivity index (χ3v) is 10.6. The van der Waals surface area contributed by atoms with Crippen molar-refractivity contribution in [3.05, 3.63) is 54.1 Å². The van der Waals surface area contributed by atoms with Gasteiger partial charge in [-0.1, -0.05) is 78.1 Å². The molecule has 2 fully saturated rings. The summed E-state index contributed by atoms with van der Waals surface area (Å²) in [6, 6.07) is 13.7. The Labute approximate surface area is 294 Å². The smallest absolute Gasteiger partial charge is 0.343 e. The molecule has 0 saturated heterocycles. The van der Waals surface area contributed by atoms with Gasteiger partial charge in [0.15, 0.2) is 0 Å². The zero-order valence-electron chi connectivity index (χ0n) is 30.1. The first kappa shape index (κ1) is 38.5. The van der Waals surface area contributed by atoms with Gasteiger partial charge in [0.05, 0.1) is 24.7 Å². The topological polar surface area (TPSA) is 88.1 Å². The van der Waals surface area contributed by atoms with Crippen LogP contribution in [0.15, 0.2) is 48.5 Å². The summed E-state index contributed by atoms with van der Waals surface area (Å²) in [5, 5.41) is 0. The van der Waals surface area contributed by atoms with Crippen LogP contribution in [0.4, 0.5) is 0 Å². The van der Waals surface area contributed by atoms with E-state index in [0.717, 1.165) is 82.0 Å². The van der Waals surface area contributed by atoms with Gasteiger partial charge < -0.3 is 18.9 Å². The van der Waals surface area contributed by atoms with E-state index in [2.05, 4.69) is 6.92 Å². The van der Waals surface area contributed by atoms with Gasteiger partial charge in [0.1, 0.15) is 17.2 Å². The van der Waals surface area contributed by atoms with E-state index in [1.807, 2.05) is 0 Å². The fourth-order valence-electron chi connectivity index (χ4n) is 7.48. The van der Waals surface area contributed by atoms with Crippen LogP contribution in [0.5, 0.6) is 17.2 Å². The SMILES string of the molecule is CCCCCC1CCC(C2CCC(C(=O)Oc3ccc(OC(=O)c4ccc(OCCCCCCCCOC(=O)CC)cc4)cc3)CC2)CC1. The van der Waals surface area contributed by atoms with Gasteiger partial charge in [-0.3, -0.25) is 9.59 Å². The van der Waals surface area contributed by atoms with Crippen LogP contribution in [0.3, 0.4) is 0 Å².